The minimum Gasteiger partial charge on any atom is -1.00 e. The Morgan fingerprint density at radius 2 is 1.39 bits per heavy atom. The summed E-state index contributed by atoms with van der Waals surface area (Å²) in [6.45, 7) is 0.972. The van der Waals surface area contributed by atoms with Crippen LogP contribution in [0.2, 0.25) is 0 Å². The zero-order valence-electron chi connectivity index (χ0n) is 14.3. The van der Waals surface area contributed by atoms with Crippen molar-refractivity contribution in [2.45, 2.75) is 24.9 Å². The number of rotatable bonds is 7. The van der Waals surface area contributed by atoms with Gasteiger partial charge in [0.15, 0.2) is 0 Å². The van der Waals surface area contributed by atoms with Gasteiger partial charge in [0.25, 0.3) is 0 Å². The molecule has 0 bridgehead atoms. The third kappa shape index (κ3) is 7.02. The van der Waals surface area contributed by atoms with Gasteiger partial charge in [0.05, 0.1) is 33.8 Å². The molecular weight excluding hydrogens is 397 g/mol. The van der Waals surface area contributed by atoms with Gasteiger partial charge in [0, 0.05) is 12.3 Å². The van der Waals surface area contributed by atoms with Gasteiger partial charge in [-0.2, -0.15) is 0 Å². The molecule has 0 aliphatic carbocycles. The van der Waals surface area contributed by atoms with E-state index in [9.17, 15) is 5.11 Å². The fourth-order valence-electron chi connectivity index (χ4n) is 2.77. The van der Waals surface area contributed by atoms with Gasteiger partial charge >= 0.3 is 0 Å². The minimum atomic E-state index is -0.319. The Bertz CT molecular complexity index is 551. The number of nitrogens with zero attached hydrogens (tertiary/aromatic N) is 1. The van der Waals surface area contributed by atoms with Crippen LogP contribution in [-0.2, 0) is 6.42 Å². The first-order valence-corrected chi connectivity index (χ1v) is 8.03. The van der Waals surface area contributed by atoms with Crippen molar-refractivity contribution in [2.75, 3.05) is 27.7 Å². The van der Waals surface area contributed by atoms with Crippen molar-refractivity contribution in [3.05, 3.63) is 71.8 Å². The lowest BCUT2D eigenvalue weighted by Crippen LogP contribution is -3.00. The zero-order valence-corrected chi connectivity index (χ0v) is 16.5. The van der Waals surface area contributed by atoms with Crippen molar-refractivity contribution >= 4 is 0 Å². The monoisotopic (exact) mass is 425 g/mol. The maximum absolute atomic E-state index is 10.8. The van der Waals surface area contributed by atoms with Crippen LogP contribution >= 0.6 is 0 Å². The standard InChI is InChI=1S/C20H28NO.HI/c1-21(2,3)15-14-20(22)19(18-12-8-5-9-13-18)16-17-10-6-4-7-11-17;/h4-13,19-20,22H,14-16H2,1-3H3;1H/q+1;/p-1. The SMILES string of the molecule is C[N+](C)(C)CCC(O)C(Cc1ccccc1)c1ccccc1.[I-]. The van der Waals surface area contributed by atoms with E-state index in [0.29, 0.717) is 0 Å². The van der Waals surface area contributed by atoms with Gasteiger partial charge in [-0.15, -0.1) is 0 Å². The van der Waals surface area contributed by atoms with Gasteiger partial charge in [-0.05, 0) is 17.5 Å². The van der Waals surface area contributed by atoms with Gasteiger partial charge in [-0.1, -0.05) is 60.7 Å². The summed E-state index contributed by atoms with van der Waals surface area (Å²) < 4.78 is 0.879. The smallest absolute Gasteiger partial charge is 0.0805 e. The van der Waals surface area contributed by atoms with Crippen LogP contribution in [0.1, 0.15) is 23.5 Å². The van der Waals surface area contributed by atoms with Crippen molar-refractivity contribution in [1.29, 1.82) is 0 Å². The molecule has 2 rings (SSSR count). The molecule has 3 heteroatoms. The second-order valence-electron chi connectivity index (χ2n) is 7.08. The quantitative estimate of drug-likeness (QED) is 0.506. The normalized spacial score (nSPS) is 13.9. The summed E-state index contributed by atoms with van der Waals surface area (Å²) in [7, 11) is 6.50. The summed E-state index contributed by atoms with van der Waals surface area (Å²) in [6, 6.07) is 20.8. The summed E-state index contributed by atoms with van der Waals surface area (Å²) in [6.07, 6.45) is 1.37. The molecule has 0 aliphatic rings. The van der Waals surface area contributed by atoms with Crippen molar-refractivity contribution < 1.29 is 33.6 Å². The highest BCUT2D eigenvalue weighted by Crippen LogP contribution is 2.26. The lowest BCUT2D eigenvalue weighted by atomic mass is 9.86. The van der Waals surface area contributed by atoms with E-state index in [0.717, 1.165) is 23.9 Å². The first-order valence-electron chi connectivity index (χ1n) is 8.03. The van der Waals surface area contributed by atoms with E-state index in [1.807, 2.05) is 12.1 Å². The third-order valence-corrected chi connectivity index (χ3v) is 4.09. The average molecular weight is 425 g/mol. The van der Waals surface area contributed by atoms with Gasteiger partial charge in [-0.25, -0.2) is 0 Å². The summed E-state index contributed by atoms with van der Waals surface area (Å²) in [5.41, 5.74) is 2.50. The van der Waals surface area contributed by atoms with E-state index >= 15 is 0 Å². The largest absolute Gasteiger partial charge is 1.00 e. The zero-order chi connectivity index (χ0) is 16.0. The molecule has 2 atom stereocenters. The number of quaternary nitrogens is 1. The highest BCUT2D eigenvalue weighted by atomic mass is 127. The number of hydrogen-bond donors (Lipinski definition) is 1. The van der Waals surface area contributed by atoms with Crippen LogP contribution in [-0.4, -0.2) is 43.4 Å². The molecule has 126 valence electrons. The Morgan fingerprint density at radius 1 is 0.870 bits per heavy atom. The fraction of sp³-hybridized carbons (Fsp3) is 0.400. The van der Waals surface area contributed by atoms with Crippen LogP contribution in [0.4, 0.5) is 0 Å². The van der Waals surface area contributed by atoms with Crippen molar-refractivity contribution in [3.8, 4) is 0 Å². The Kier molecular flexibility index (Phi) is 8.23. The van der Waals surface area contributed by atoms with Gasteiger partial charge in [-0.3, -0.25) is 0 Å². The molecule has 0 aromatic heterocycles. The van der Waals surface area contributed by atoms with Crippen molar-refractivity contribution in [2.24, 2.45) is 0 Å². The molecule has 1 N–H and O–H groups in total. The molecule has 0 aliphatic heterocycles. The Balaban J connectivity index is 0.00000264. The molecule has 0 saturated heterocycles. The molecule has 2 aromatic rings. The summed E-state index contributed by atoms with van der Waals surface area (Å²) in [5, 5.41) is 10.8. The van der Waals surface area contributed by atoms with Gasteiger partial charge < -0.3 is 33.6 Å². The molecule has 0 spiro atoms. The predicted octanol–water partition coefficient (Wildman–Crippen LogP) is 0.474. The van der Waals surface area contributed by atoms with E-state index < -0.39 is 0 Å². The van der Waals surface area contributed by atoms with Gasteiger partial charge in [0.2, 0.25) is 0 Å². The molecule has 0 heterocycles. The Hall–Kier alpha value is -0.910. The lowest BCUT2D eigenvalue weighted by molar-refractivity contribution is -0.870. The fourth-order valence-corrected chi connectivity index (χ4v) is 2.77. The lowest BCUT2D eigenvalue weighted by Gasteiger charge is -2.28. The molecule has 0 radical (unpaired) electrons. The van der Waals surface area contributed by atoms with Crippen LogP contribution in [0.3, 0.4) is 0 Å². The number of aliphatic hydroxyl groups excluding tert-OH is 1. The van der Waals surface area contributed by atoms with Crippen LogP contribution in [0, 0.1) is 0 Å². The predicted molar refractivity (Wildman–Crippen MR) is 92.9 cm³/mol. The number of halogens is 1. The van der Waals surface area contributed by atoms with E-state index in [-0.39, 0.29) is 36.0 Å². The highest BCUT2D eigenvalue weighted by Gasteiger charge is 2.23. The molecule has 23 heavy (non-hydrogen) atoms. The summed E-state index contributed by atoms with van der Waals surface area (Å²) >= 11 is 0. The molecule has 2 nitrogen and oxygen atoms in total. The van der Waals surface area contributed by atoms with Crippen LogP contribution in [0.25, 0.3) is 0 Å². The third-order valence-electron chi connectivity index (χ3n) is 4.09. The summed E-state index contributed by atoms with van der Waals surface area (Å²) in [4.78, 5) is 0. The first-order chi connectivity index (χ1) is 10.5. The van der Waals surface area contributed by atoms with Crippen molar-refractivity contribution in [3.63, 3.8) is 0 Å². The second kappa shape index (κ2) is 9.40. The molecule has 2 unspecified atom stereocenters. The summed E-state index contributed by atoms with van der Waals surface area (Å²) in [5.74, 6) is 0.148. The minimum absolute atomic E-state index is 0. The number of hydrogen-bond acceptors (Lipinski definition) is 1. The van der Waals surface area contributed by atoms with Crippen molar-refractivity contribution in [1.82, 2.24) is 0 Å². The Labute approximate surface area is 157 Å². The maximum atomic E-state index is 10.8. The molecule has 2 aromatic carbocycles. The average Bonchev–Trinajstić information content (AvgIpc) is 2.51. The maximum Gasteiger partial charge on any atom is 0.0805 e. The molecule has 0 fully saturated rings. The van der Waals surface area contributed by atoms with Crippen LogP contribution in [0.15, 0.2) is 60.7 Å². The second-order valence-corrected chi connectivity index (χ2v) is 7.08. The molecule has 0 amide bonds. The van der Waals surface area contributed by atoms with E-state index in [2.05, 4.69) is 69.7 Å². The van der Waals surface area contributed by atoms with E-state index in [1.54, 1.807) is 0 Å². The van der Waals surface area contributed by atoms with Crippen LogP contribution in [0.5, 0.6) is 0 Å². The molecular formula is C20H28INO. The Morgan fingerprint density at radius 3 is 1.91 bits per heavy atom. The van der Waals surface area contributed by atoms with E-state index in [4.69, 9.17) is 0 Å². The number of benzene rings is 2. The van der Waals surface area contributed by atoms with Gasteiger partial charge in [0.1, 0.15) is 0 Å². The first kappa shape index (κ1) is 20.1. The van der Waals surface area contributed by atoms with E-state index in [1.165, 1.54) is 11.1 Å². The number of aliphatic hydroxyl groups is 1. The molecule has 0 saturated carbocycles. The topological polar surface area (TPSA) is 20.2 Å². The highest BCUT2D eigenvalue weighted by molar-refractivity contribution is 5.25. The van der Waals surface area contributed by atoms with Crippen LogP contribution < -0.4 is 24.0 Å².